The number of ether oxygens (including phenoxy) is 1. The summed E-state index contributed by atoms with van der Waals surface area (Å²) >= 11 is 5.90. The highest BCUT2D eigenvalue weighted by Crippen LogP contribution is 2.20. The maximum Gasteiger partial charge on any atom is 0.253 e. The molecule has 0 heterocycles. The Morgan fingerprint density at radius 1 is 1.24 bits per heavy atom. The highest BCUT2D eigenvalue weighted by molar-refractivity contribution is 6.31. The molecule has 0 aliphatic rings. The molecule has 0 bridgehead atoms. The average Bonchev–Trinajstić information content (AvgIpc) is 2.69. The van der Waals surface area contributed by atoms with E-state index in [-0.39, 0.29) is 10.9 Å². The molecule has 1 aromatic rings. The number of nitrogens with two attached hydrogens (primary N) is 1. The van der Waals surface area contributed by atoms with Crippen molar-refractivity contribution >= 4 is 17.5 Å². The molecule has 0 atom stereocenters. The molecular weight excluding hydrogens is 384 g/mol. The quantitative estimate of drug-likeness (QED) is 0.296. The Morgan fingerprint density at radius 3 is 2.41 bits per heavy atom. The fraction of sp³-hybridized carbons (Fsp3) is 0.208. The smallest absolute Gasteiger partial charge is 0.253 e. The molecule has 5 heteroatoms. The van der Waals surface area contributed by atoms with E-state index in [2.05, 4.69) is 25.4 Å². The molecule has 1 rings (SSSR count). The summed E-state index contributed by atoms with van der Waals surface area (Å²) in [6.07, 6.45) is 9.71. The number of amides is 1. The predicted octanol–water partition coefficient (Wildman–Crippen LogP) is 5.65. The van der Waals surface area contributed by atoms with Crippen LogP contribution in [0.1, 0.15) is 32.8 Å². The Kier molecular flexibility index (Phi) is 10.3. The molecule has 0 aliphatic carbocycles. The lowest BCUT2D eigenvalue weighted by molar-refractivity contribution is -0.117. The van der Waals surface area contributed by atoms with Crippen LogP contribution < -0.4 is 15.8 Å². The second-order valence-corrected chi connectivity index (χ2v) is 6.88. The lowest BCUT2D eigenvalue weighted by atomic mass is 10.1. The van der Waals surface area contributed by atoms with Gasteiger partial charge in [0.05, 0.1) is 10.6 Å². The number of benzene rings is 1. The molecule has 3 N–H and O–H groups in total. The van der Waals surface area contributed by atoms with Crippen molar-refractivity contribution in [2.24, 2.45) is 5.73 Å². The number of hydrogen-bond acceptors (Lipinski definition) is 3. The van der Waals surface area contributed by atoms with Crippen LogP contribution in [0.3, 0.4) is 0 Å². The van der Waals surface area contributed by atoms with Gasteiger partial charge in [0.15, 0.2) is 0 Å². The standard InChI is InChI=1S/C24H29ClN2O2/c1-6-9-23(18(4)25)29-21-14-12-20(13-15-21)16-27-24(28)22(19(5)26)11-8-10-17(3)7-2/h6,8-15H,1,4,7,16,26H2,2-3,5H3,(H,27,28)/b11-8-,17-10?,22-19-,23-9+. The van der Waals surface area contributed by atoms with Crippen molar-refractivity contribution in [1.29, 1.82) is 0 Å². The summed E-state index contributed by atoms with van der Waals surface area (Å²) in [7, 11) is 0. The van der Waals surface area contributed by atoms with Gasteiger partial charge in [0.2, 0.25) is 0 Å². The number of allylic oxidation sites excluding steroid dienone is 7. The van der Waals surface area contributed by atoms with E-state index >= 15 is 0 Å². The molecule has 154 valence electrons. The van der Waals surface area contributed by atoms with Crippen LogP contribution in [0, 0.1) is 0 Å². The largest absolute Gasteiger partial charge is 0.456 e. The van der Waals surface area contributed by atoms with Crippen molar-refractivity contribution in [1.82, 2.24) is 5.32 Å². The maximum absolute atomic E-state index is 12.5. The molecule has 0 saturated heterocycles. The van der Waals surface area contributed by atoms with Gasteiger partial charge in [0.1, 0.15) is 11.5 Å². The summed E-state index contributed by atoms with van der Waals surface area (Å²) in [5.74, 6) is 0.809. The first-order valence-electron chi connectivity index (χ1n) is 9.31. The average molecular weight is 413 g/mol. The summed E-state index contributed by atoms with van der Waals surface area (Å²) in [4.78, 5) is 12.5. The zero-order valence-corrected chi connectivity index (χ0v) is 18.1. The zero-order valence-electron chi connectivity index (χ0n) is 17.3. The van der Waals surface area contributed by atoms with Gasteiger partial charge in [-0.3, -0.25) is 4.79 Å². The van der Waals surface area contributed by atoms with Gasteiger partial charge in [-0.05, 0) is 50.1 Å². The first-order valence-corrected chi connectivity index (χ1v) is 9.68. The van der Waals surface area contributed by atoms with Crippen molar-refractivity contribution in [3.8, 4) is 5.75 Å². The van der Waals surface area contributed by atoms with Gasteiger partial charge in [-0.2, -0.15) is 0 Å². The van der Waals surface area contributed by atoms with Gasteiger partial charge >= 0.3 is 0 Å². The summed E-state index contributed by atoms with van der Waals surface area (Å²) in [5.41, 5.74) is 8.93. The molecule has 0 saturated carbocycles. The number of carbonyl (C=O) groups is 1. The third-order valence-corrected chi connectivity index (χ3v) is 4.20. The van der Waals surface area contributed by atoms with Gasteiger partial charge < -0.3 is 15.8 Å². The lowest BCUT2D eigenvalue weighted by Gasteiger charge is -2.10. The number of rotatable bonds is 10. The van der Waals surface area contributed by atoms with Crippen molar-refractivity contribution < 1.29 is 9.53 Å². The molecule has 4 nitrogen and oxygen atoms in total. The predicted molar refractivity (Wildman–Crippen MR) is 122 cm³/mol. The van der Waals surface area contributed by atoms with E-state index < -0.39 is 0 Å². The van der Waals surface area contributed by atoms with Crippen LogP contribution in [0.15, 0.2) is 95.4 Å². The van der Waals surface area contributed by atoms with Crippen LogP contribution >= 0.6 is 11.6 Å². The molecule has 0 fully saturated rings. The minimum absolute atomic E-state index is 0.223. The number of halogens is 1. The summed E-state index contributed by atoms with van der Waals surface area (Å²) in [6.45, 7) is 13.5. The normalized spacial score (nSPS) is 13.1. The minimum Gasteiger partial charge on any atom is -0.456 e. The molecule has 29 heavy (non-hydrogen) atoms. The van der Waals surface area contributed by atoms with E-state index in [1.807, 2.05) is 31.2 Å². The van der Waals surface area contributed by atoms with Gasteiger partial charge in [-0.25, -0.2) is 0 Å². The Balaban J connectivity index is 2.75. The first kappa shape index (κ1) is 24.1. The third kappa shape index (κ3) is 8.71. The van der Waals surface area contributed by atoms with Gasteiger partial charge in [-0.1, -0.05) is 67.6 Å². The van der Waals surface area contributed by atoms with Crippen molar-refractivity contribution in [2.45, 2.75) is 33.7 Å². The zero-order chi connectivity index (χ0) is 21.8. The van der Waals surface area contributed by atoms with Crippen LogP contribution in [-0.4, -0.2) is 5.91 Å². The van der Waals surface area contributed by atoms with Crippen molar-refractivity contribution in [2.75, 3.05) is 0 Å². The fourth-order valence-corrected chi connectivity index (χ4v) is 2.28. The maximum atomic E-state index is 12.5. The third-order valence-electron chi connectivity index (χ3n) is 4.01. The Morgan fingerprint density at radius 2 is 1.90 bits per heavy atom. The van der Waals surface area contributed by atoms with E-state index in [1.165, 1.54) is 5.57 Å². The van der Waals surface area contributed by atoms with E-state index in [4.69, 9.17) is 22.1 Å². The fourth-order valence-electron chi connectivity index (χ4n) is 2.18. The van der Waals surface area contributed by atoms with Crippen LogP contribution in [-0.2, 0) is 11.3 Å². The van der Waals surface area contributed by atoms with Crippen LogP contribution in [0.5, 0.6) is 5.75 Å². The molecular formula is C24H29ClN2O2. The van der Waals surface area contributed by atoms with E-state index in [0.29, 0.717) is 29.3 Å². The van der Waals surface area contributed by atoms with Crippen molar-refractivity contribution in [3.63, 3.8) is 0 Å². The van der Waals surface area contributed by atoms with Gasteiger partial charge in [0.25, 0.3) is 5.91 Å². The number of carbonyl (C=O) groups excluding carboxylic acids is 1. The monoisotopic (exact) mass is 412 g/mol. The first-order chi connectivity index (χ1) is 13.8. The molecule has 0 aliphatic heterocycles. The van der Waals surface area contributed by atoms with Crippen LogP contribution in [0.4, 0.5) is 0 Å². The number of nitrogens with one attached hydrogen (secondary N) is 1. The molecule has 0 unspecified atom stereocenters. The Bertz CT molecular complexity index is 855. The Labute approximate surface area is 178 Å². The topological polar surface area (TPSA) is 64.3 Å². The molecule has 0 radical (unpaired) electrons. The second-order valence-electron chi connectivity index (χ2n) is 6.42. The Hall–Kier alpha value is -2.98. The lowest BCUT2D eigenvalue weighted by Crippen LogP contribution is -2.25. The summed E-state index contributed by atoms with van der Waals surface area (Å²) in [6, 6.07) is 7.31. The SMILES string of the molecule is C=C/C=C(/Oc1ccc(CNC(=O)C(/C=C\C=C(C)CC)=C(/C)N)cc1)C(=C)Cl. The summed E-state index contributed by atoms with van der Waals surface area (Å²) < 4.78 is 5.67. The molecule has 0 spiro atoms. The van der Waals surface area contributed by atoms with Gasteiger partial charge in [0, 0.05) is 12.2 Å². The van der Waals surface area contributed by atoms with E-state index in [1.54, 1.807) is 37.3 Å². The highest BCUT2D eigenvalue weighted by atomic mass is 35.5. The van der Waals surface area contributed by atoms with E-state index in [0.717, 1.165) is 12.0 Å². The second kappa shape index (κ2) is 12.5. The van der Waals surface area contributed by atoms with Crippen LogP contribution in [0.2, 0.25) is 0 Å². The summed E-state index contributed by atoms with van der Waals surface area (Å²) in [5, 5.41) is 3.17. The van der Waals surface area contributed by atoms with Gasteiger partial charge in [-0.15, -0.1) is 0 Å². The molecule has 1 amide bonds. The number of hydrogen-bond donors (Lipinski definition) is 2. The van der Waals surface area contributed by atoms with Crippen molar-refractivity contribution in [3.05, 3.63) is 101 Å². The molecule has 0 aromatic heterocycles. The van der Waals surface area contributed by atoms with Crippen LogP contribution in [0.25, 0.3) is 0 Å². The van der Waals surface area contributed by atoms with E-state index in [9.17, 15) is 4.79 Å². The highest BCUT2D eigenvalue weighted by Gasteiger charge is 2.09. The minimum atomic E-state index is -0.223. The molecule has 1 aromatic carbocycles.